The highest BCUT2D eigenvalue weighted by molar-refractivity contribution is 8.02. The monoisotopic (exact) mass is 520 g/mol. The van der Waals surface area contributed by atoms with Gasteiger partial charge >= 0.3 is 5.97 Å². The third-order valence-corrected chi connectivity index (χ3v) is 10.2. The first kappa shape index (κ1) is 28.8. The number of likely N-dealkylation sites (tertiary alicyclic amines) is 1. The third kappa shape index (κ3) is 5.13. The van der Waals surface area contributed by atoms with E-state index in [2.05, 4.69) is 20.1 Å². The molecule has 3 aliphatic heterocycles. The van der Waals surface area contributed by atoms with E-state index in [0.29, 0.717) is 26.0 Å². The number of fused-ring (bicyclic) bond motifs is 1. The van der Waals surface area contributed by atoms with Crippen LogP contribution in [0.4, 0.5) is 0 Å². The molecule has 2 amide bonds. The second-order valence-electron chi connectivity index (χ2n) is 10.4. The van der Waals surface area contributed by atoms with Crippen molar-refractivity contribution < 1.29 is 24.2 Å². The van der Waals surface area contributed by atoms with Gasteiger partial charge in [-0.05, 0) is 51.9 Å². The van der Waals surface area contributed by atoms with Gasteiger partial charge in [-0.25, -0.2) is 0 Å². The summed E-state index contributed by atoms with van der Waals surface area (Å²) in [7, 11) is 0. The molecule has 3 saturated heterocycles. The van der Waals surface area contributed by atoms with Crippen LogP contribution in [-0.2, 0) is 19.1 Å². The molecular weight excluding hydrogens is 476 g/mol. The summed E-state index contributed by atoms with van der Waals surface area (Å²) in [6, 6.07) is -1.16. The fourth-order valence-corrected chi connectivity index (χ4v) is 8.65. The number of rotatable bonds is 15. The Bertz CT molecular complexity index is 831. The number of carbonyl (C=O) groups excluding carboxylic acids is 3. The van der Waals surface area contributed by atoms with Crippen molar-refractivity contribution in [1.82, 2.24) is 9.80 Å². The van der Waals surface area contributed by atoms with Crippen molar-refractivity contribution in [2.75, 3.05) is 19.8 Å². The van der Waals surface area contributed by atoms with Crippen molar-refractivity contribution in [3.63, 3.8) is 0 Å². The Morgan fingerprint density at radius 3 is 2.67 bits per heavy atom. The number of hydrogen-bond donors (Lipinski definition) is 1. The van der Waals surface area contributed by atoms with Gasteiger partial charge in [-0.1, -0.05) is 32.4 Å². The number of carbonyl (C=O) groups is 3. The average molecular weight is 521 g/mol. The fraction of sp³-hybridized carbons (Fsp3) is 0.750. The first-order valence-electron chi connectivity index (χ1n) is 13.6. The van der Waals surface area contributed by atoms with E-state index < -0.39 is 28.7 Å². The smallest absolute Gasteiger partial charge is 0.310 e. The molecule has 0 aromatic rings. The molecule has 0 aromatic heterocycles. The average Bonchev–Trinajstić information content (AvgIpc) is 3.50. The minimum absolute atomic E-state index is 0.00189. The lowest BCUT2D eigenvalue weighted by Crippen LogP contribution is -2.58. The van der Waals surface area contributed by atoms with Crippen LogP contribution in [0.1, 0.15) is 72.1 Å². The molecule has 7 atom stereocenters. The molecule has 0 saturated carbocycles. The van der Waals surface area contributed by atoms with E-state index in [4.69, 9.17) is 4.74 Å². The van der Waals surface area contributed by atoms with E-state index in [1.54, 1.807) is 22.7 Å². The van der Waals surface area contributed by atoms with Gasteiger partial charge < -0.3 is 19.6 Å². The van der Waals surface area contributed by atoms with E-state index in [-0.39, 0.29) is 35.7 Å². The lowest BCUT2D eigenvalue weighted by molar-refractivity contribution is -0.154. The molecule has 0 aromatic carbocycles. The molecule has 3 unspecified atom stereocenters. The number of hydrogen-bond acceptors (Lipinski definition) is 6. The molecule has 3 fully saturated rings. The van der Waals surface area contributed by atoms with E-state index in [0.717, 1.165) is 38.5 Å². The molecule has 7 nitrogen and oxygen atoms in total. The quantitative estimate of drug-likeness (QED) is 0.200. The van der Waals surface area contributed by atoms with Gasteiger partial charge in [-0.3, -0.25) is 14.4 Å². The zero-order chi connectivity index (χ0) is 26.5. The zero-order valence-corrected chi connectivity index (χ0v) is 23.0. The lowest BCUT2D eigenvalue weighted by Gasteiger charge is -2.41. The molecule has 8 heteroatoms. The molecule has 3 rings (SSSR count). The van der Waals surface area contributed by atoms with Crippen LogP contribution in [-0.4, -0.2) is 80.6 Å². The Labute approximate surface area is 220 Å². The number of thioether (sulfide) groups is 1. The number of amides is 2. The molecular formula is C28H44N2O5S. The van der Waals surface area contributed by atoms with E-state index in [1.807, 2.05) is 24.8 Å². The highest BCUT2D eigenvalue weighted by Crippen LogP contribution is 2.67. The number of unbranched alkanes of at least 4 members (excludes halogenated alkanes) is 2. The van der Waals surface area contributed by atoms with E-state index >= 15 is 0 Å². The Balaban J connectivity index is 1.95. The Hall–Kier alpha value is -1.80. The van der Waals surface area contributed by atoms with Gasteiger partial charge in [0.15, 0.2) is 0 Å². The summed E-state index contributed by atoms with van der Waals surface area (Å²) in [5.74, 6) is -1.74. The van der Waals surface area contributed by atoms with Crippen LogP contribution in [0.3, 0.4) is 0 Å². The van der Waals surface area contributed by atoms with Crippen molar-refractivity contribution in [2.45, 2.75) is 100 Å². The highest BCUT2D eigenvalue weighted by atomic mass is 32.2. The molecule has 202 valence electrons. The minimum Gasteiger partial charge on any atom is -0.465 e. The van der Waals surface area contributed by atoms with Crippen molar-refractivity contribution in [3.05, 3.63) is 25.3 Å². The summed E-state index contributed by atoms with van der Waals surface area (Å²) in [5, 5.41) is 10.2. The van der Waals surface area contributed by atoms with Crippen molar-refractivity contribution in [2.24, 2.45) is 11.8 Å². The SMILES string of the molecule is C=CCCCCOC(=O)[C@@H]1[C@@H]2CCC3(S2)C(C(=O)N(CC=C)C(C)CCC)N([C@@H](CC)CO)C(=O)[C@H]13. The van der Waals surface area contributed by atoms with E-state index in [1.165, 1.54) is 0 Å². The minimum atomic E-state index is -0.702. The largest absolute Gasteiger partial charge is 0.465 e. The molecule has 2 bridgehead atoms. The summed E-state index contributed by atoms with van der Waals surface area (Å²) in [6.07, 6.45) is 9.93. The maximum absolute atomic E-state index is 14.3. The van der Waals surface area contributed by atoms with Crippen LogP contribution >= 0.6 is 11.8 Å². The molecule has 0 radical (unpaired) electrons. The number of allylic oxidation sites excluding steroid dienone is 1. The van der Waals surface area contributed by atoms with Crippen molar-refractivity contribution in [1.29, 1.82) is 0 Å². The second-order valence-corrected chi connectivity index (χ2v) is 12.0. The van der Waals surface area contributed by atoms with Gasteiger partial charge in [0.05, 0.1) is 35.8 Å². The summed E-state index contributed by atoms with van der Waals surface area (Å²) in [6.45, 7) is 14.1. The van der Waals surface area contributed by atoms with Gasteiger partial charge in [0.1, 0.15) is 6.04 Å². The summed E-state index contributed by atoms with van der Waals surface area (Å²) in [4.78, 5) is 45.1. The van der Waals surface area contributed by atoms with Gasteiger partial charge in [0, 0.05) is 17.8 Å². The van der Waals surface area contributed by atoms with Crippen LogP contribution in [0.15, 0.2) is 25.3 Å². The zero-order valence-electron chi connectivity index (χ0n) is 22.2. The topological polar surface area (TPSA) is 87.2 Å². The van der Waals surface area contributed by atoms with E-state index in [9.17, 15) is 19.5 Å². The predicted molar refractivity (Wildman–Crippen MR) is 143 cm³/mol. The second kappa shape index (κ2) is 12.6. The van der Waals surface area contributed by atoms with Crippen LogP contribution < -0.4 is 0 Å². The van der Waals surface area contributed by atoms with Gasteiger partial charge in [0.2, 0.25) is 11.8 Å². The summed E-state index contributed by atoms with van der Waals surface area (Å²) >= 11 is 1.64. The molecule has 1 N–H and O–H groups in total. The molecule has 36 heavy (non-hydrogen) atoms. The predicted octanol–water partition coefficient (Wildman–Crippen LogP) is 3.95. The first-order valence-corrected chi connectivity index (χ1v) is 14.5. The summed E-state index contributed by atoms with van der Waals surface area (Å²) in [5.41, 5.74) is 0. The number of aliphatic hydroxyl groups is 1. The van der Waals surface area contributed by atoms with Crippen LogP contribution in [0, 0.1) is 11.8 Å². The fourth-order valence-electron chi connectivity index (χ4n) is 6.46. The van der Waals surface area contributed by atoms with Crippen LogP contribution in [0.5, 0.6) is 0 Å². The maximum atomic E-state index is 14.3. The molecule has 3 aliphatic rings. The maximum Gasteiger partial charge on any atom is 0.310 e. The molecule has 0 aliphatic carbocycles. The van der Waals surface area contributed by atoms with Crippen molar-refractivity contribution >= 4 is 29.5 Å². The number of ether oxygens (including phenoxy) is 1. The van der Waals surface area contributed by atoms with Gasteiger partial charge in [-0.15, -0.1) is 24.9 Å². The Kier molecular flexibility index (Phi) is 10.1. The Morgan fingerprint density at radius 2 is 2.06 bits per heavy atom. The Morgan fingerprint density at radius 1 is 1.31 bits per heavy atom. The van der Waals surface area contributed by atoms with Crippen LogP contribution in [0.25, 0.3) is 0 Å². The number of aliphatic hydroxyl groups excluding tert-OH is 1. The van der Waals surface area contributed by atoms with Crippen molar-refractivity contribution in [3.8, 4) is 0 Å². The van der Waals surface area contributed by atoms with Crippen LogP contribution in [0.2, 0.25) is 0 Å². The normalized spacial score (nSPS) is 30.1. The molecule has 3 heterocycles. The van der Waals surface area contributed by atoms with Gasteiger partial charge in [-0.2, -0.15) is 0 Å². The molecule has 1 spiro atoms. The number of esters is 1. The lowest BCUT2D eigenvalue weighted by atomic mass is 9.71. The standard InChI is InChI=1S/C28H44N2O5S/c1-6-10-11-12-17-35-27(34)22-21-14-15-28(36-21)23(22)25(32)30(20(9-4)18-31)24(28)26(33)29(16-8-3)19(5)13-7-2/h6,8,19-24,31H,1,3,7,9-18H2,2,4-5H3/t19?,20-,21-,22+,23-,24?,28?/m0/s1. The third-order valence-electron chi connectivity index (χ3n) is 8.21. The van der Waals surface area contributed by atoms with Gasteiger partial charge in [0.25, 0.3) is 0 Å². The highest BCUT2D eigenvalue weighted by Gasteiger charge is 2.74. The summed E-state index contributed by atoms with van der Waals surface area (Å²) < 4.78 is 5.00. The first-order chi connectivity index (χ1) is 17.3. The number of nitrogens with zero attached hydrogens (tertiary/aromatic N) is 2.